The number of imidazole rings is 2. The summed E-state index contributed by atoms with van der Waals surface area (Å²) >= 11 is 1.97. The molecule has 3 atom stereocenters. The van der Waals surface area contributed by atoms with Gasteiger partial charge in [-0.2, -0.15) is 0 Å². The van der Waals surface area contributed by atoms with Crippen LogP contribution in [-0.4, -0.2) is 29.5 Å². The number of nitrogens with zero attached hydrogens (tertiary/aromatic N) is 5. The molecule has 1 saturated carbocycles. The van der Waals surface area contributed by atoms with Crippen LogP contribution in [-0.2, 0) is 5.75 Å². The lowest BCUT2D eigenvalue weighted by Gasteiger charge is -2.33. The molecule has 25 heavy (non-hydrogen) atoms. The van der Waals surface area contributed by atoms with E-state index in [1.807, 2.05) is 49.8 Å². The molecule has 3 heterocycles. The number of hydrogen-bond acceptors (Lipinski definition) is 5. The highest BCUT2D eigenvalue weighted by molar-refractivity contribution is 7.99. The Labute approximate surface area is 151 Å². The lowest BCUT2D eigenvalue weighted by atomic mass is 10.0. The summed E-state index contributed by atoms with van der Waals surface area (Å²) in [7, 11) is 0. The van der Waals surface area contributed by atoms with Gasteiger partial charge in [0.05, 0.1) is 36.2 Å². The molecule has 1 fully saturated rings. The van der Waals surface area contributed by atoms with Crippen molar-refractivity contribution < 1.29 is 4.52 Å². The van der Waals surface area contributed by atoms with Crippen molar-refractivity contribution in [3.63, 3.8) is 0 Å². The smallest absolute Gasteiger partial charge is 0.146 e. The van der Waals surface area contributed by atoms with Crippen LogP contribution in [0.1, 0.15) is 49.2 Å². The number of thioether (sulfide) groups is 1. The van der Waals surface area contributed by atoms with Gasteiger partial charge in [-0.3, -0.25) is 0 Å². The van der Waals surface area contributed by atoms with E-state index in [0.29, 0.717) is 17.3 Å². The van der Waals surface area contributed by atoms with Gasteiger partial charge in [-0.25, -0.2) is 9.97 Å². The summed E-state index contributed by atoms with van der Waals surface area (Å²) in [6, 6.07) is 2.78. The second kappa shape index (κ2) is 7.47. The Balaban J connectivity index is 1.60. The van der Waals surface area contributed by atoms with Crippen molar-refractivity contribution in [1.82, 2.24) is 24.3 Å². The molecule has 0 aliphatic heterocycles. The number of aromatic nitrogens is 5. The molecule has 3 aromatic heterocycles. The molecule has 132 valence electrons. The maximum atomic E-state index is 5.41. The number of hydrogen-bond donors (Lipinski definition) is 0. The van der Waals surface area contributed by atoms with E-state index in [-0.39, 0.29) is 0 Å². The predicted molar refractivity (Wildman–Crippen MR) is 97.3 cm³/mol. The summed E-state index contributed by atoms with van der Waals surface area (Å²) in [5.41, 5.74) is 0.943. The summed E-state index contributed by atoms with van der Waals surface area (Å²) < 4.78 is 9.95. The second-order valence-corrected chi connectivity index (χ2v) is 7.87. The fourth-order valence-electron chi connectivity index (χ4n) is 3.77. The molecule has 1 aliphatic carbocycles. The monoisotopic (exact) mass is 357 g/mol. The molecule has 0 amide bonds. The van der Waals surface area contributed by atoms with Crippen LogP contribution < -0.4 is 0 Å². The molecule has 0 N–H and O–H groups in total. The van der Waals surface area contributed by atoms with Gasteiger partial charge in [0.1, 0.15) is 5.76 Å². The highest BCUT2D eigenvalue weighted by Gasteiger charge is 2.34. The van der Waals surface area contributed by atoms with Crippen molar-refractivity contribution >= 4 is 11.8 Å². The van der Waals surface area contributed by atoms with Crippen molar-refractivity contribution in [2.24, 2.45) is 0 Å². The summed E-state index contributed by atoms with van der Waals surface area (Å²) in [5.74, 6) is 1.81. The van der Waals surface area contributed by atoms with Crippen LogP contribution in [0, 0.1) is 6.92 Å². The number of aryl methyl sites for hydroxylation is 1. The van der Waals surface area contributed by atoms with Gasteiger partial charge in [0, 0.05) is 36.1 Å². The van der Waals surface area contributed by atoms with Crippen molar-refractivity contribution in [2.45, 2.75) is 55.7 Å². The van der Waals surface area contributed by atoms with Crippen molar-refractivity contribution in [3.8, 4) is 0 Å². The Morgan fingerprint density at radius 1 is 1.12 bits per heavy atom. The van der Waals surface area contributed by atoms with Gasteiger partial charge in [0.15, 0.2) is 0 Å². The minimum absolute atomic E-state index is 0.355. The molecule has 3 unspecified atom stereocenters. The zero-order valence-corrected chi connectivity index (χ0v) is 15.2. The van der Waals surface area contributed by atoms with Crippen molar-refractivity contribution in [2.75, 3.05) is 0 Å². The van der Waals surface area contributed by atoms with Crippen LogP contribution in [0.3, 0.4) is 0 Å². The third kappa shape index (κ3) is 3.66. The van der Waals surface area contributed by atoms with Gasteiger partial charge in [0.25, 0.3) is 0 Å². The minimum atomic E-state index is 0.355. The Hall–Kier alpha value is -2.02. The lowest BCUT2D eigenvalue weighted by molar-refractivity contribution is 0.313. The van der Waals surface area contributed by atoms with Crippen LogP contribution >= 0.6 is 11.8 Å². The molecular formula is C18H23N5OS. The van der Waals surface area contributed by atoms with Gasteiger partial charge in [-0.05, 0) is 19.8 Å². The largest absolute Gasteiger partial charge is 0.360 e. The lowest BCUT2D eigenvalue weighted by Crippen LogP contribution is -2.29. The van der Waals surface area contributed by atoms with E-state index in [9.17, 15) is 0 Å². The van der Waals surface area contributed by atoms with Crippen molar-refractivity contribution in [3.05, 3.63) is 55.0 Å². The summed E-state index contributed by atoms with van der Waals surface area (Å²) in [4.78, 5) is 8.57. The van der Waals surface area contributed by atoms with Gasteiger partial charge in [-0.15, -0.1) is 11.8 Å². The standard InChI is InChI=1S/C18H23N5OS/c1-14-10-15(24-21-14)11-25-17-5-3-2-4-16(22-8-6-19-12-22)18(17)23-9-7-20-13-23/h6-10,12-13,16-18H,2-5,11H2,1H3. The maximum Gasteiger partial charge on any atom is 0.146 e. The number of rotatable bonds is 5. The van der Waals surface area contributed by atoms with Gasteiger partial charge < -0.3 is 13.7 Å². The molecule has 0 radical (unpaired) electrons. The summed E-state index contributed by atoms with van der Waals surface area (Å²) in [5, 5.41) is 4.50. The van der Waals surface area contributed by atoms with Crippen LogP contribution in [0.25, 0.3) is 0 Å². The summed E-state index contributed by atoms with van der Waals surface area (Å²) in [6.07, 6.45) is 16.7. The molecule has 0 spiro atoms. The van der Waals surface area contributed by atoms with Crippen LogP contribution in [0.15, 0.2) is 48.0 Å². The van der Waals surface area contributed by atoms with E-state index in [1.54, 1.807) is 0 Å². The van der Waals surface area contributed by atoms with E-state index in [0.717, 1.165) is 23.6 Å². The quantitative estimate of drug-likeness (QED) is 0.645. The predicted octanol–water partition coefficient (Wildman–Crippen LogP) is 4.03. The Morgan fingerprint density at radius 2 is 1.88 bits per heavy atom. The van der Waals surface area contributed by atoms with Gasteiger partial charge in [0.2, 0.25) is 0 Å². The third-order valence-electron chi connectivity index (χ3n) is 4.91. The fraction of sp³-hybridized carbons (Fsp3) is 0.500. The Kier molecular flexibility index (Phi) is 4.92. The Bertz CT molecular complexity index is 767. The van der Waals surface area contributed by atoms with E-state index < -0.39 is 0 Å². The first-order valence-electron chi connectivity index (χ1n) is 8.80. The molecule has 0 saturated heterocycles. The SMILES string of the molecule is Cc1cc(CSC2CCCCC(n3ccnc3)C2n2ccnc2)on1. The highest BCUT2D eigenvalue weighted by atomic mass is 32.2. The third-order valence-corrected chi connectivity index (χ3v) is 6.30. The molecule has 3 aromatic rings. The minimum Gasteiger partial charge on any atom is -0.360 e. The van der Waals surface area contributed by atoms with Gasteiger partial charge in [-0.1, -0.05) is 18.0 Å². The highest BCUT2D eigenvalue weighted by Crippen LogP contribution is 2.42. The topological polar surface area (TPSA) is 61.7 Å². The second-order valence-electron chi connectivity index (χ2n) is 6.65. The maximum absolute atomic E-state index is 5.41. The molecule has 0 bridgehead atoms. The van der Waals surface area contributed by atoms with E-state index >= 15 is 0 Å². The average Bonchev–Trinajstić information content (AvgIpc) is 3.35. The zero-order valence-electron chi connectivity index (χ0n) is 14.4. The normalized spacial score (nSPS) is 24.3. The van der Waals surface area contributed by atoms with Gasteiger partial charge >= 0.3 is 0 Å². The molecule has 0 aromatic carbocycles. The first kappa shape index (κ1) is 16.4. The van der Waals surface area contributed by atoms with Crippen LogP contribution in [0.2, 0.25) is 0 Å². The van der Waals surface area contributed by atoms with Crippen molar-refractivity contribution in [1.29, 1.82) is 0 Å². The molecule has 6 nitrogen and oxygen atoms in total. The molecule has 7 heteroatoms. The van der Waals surface area contributed by atoms with E-state index in [1.165, 1.54) is 19.3 Å². The van der Waals surface area contributed by atoms with Crippen LogP contribution in [0.4, 0.5) is 0 Å². The first-order chi connectivity index (χ1) is 12.3. The summed E-state index contributed by atoms with van der Waals surface area (Å²) in [6.45, 7) is 1.96. The zero-order chi connectivity index (χ0) is 17.1. The van der Waals surface area contributed by atoms with Crippen LogP contribution in [0.5, 0.6) is 0 Å². The first-order valence-corrected chi connectivity index (χ1v) is 9.85. The Morgan fingerprint density at radius 3 is 2.56 bits per heavy atom. The average molecular weight is 357 g/mol. The van der Waals surface area contributed by atoms with E-state index in [4.69, 9.17) is 4.52 Å². The molecular weight excluding hydrogens is 334 g/mol. The molecule has 4 rings (SSSR count). The van der Waals surface area contributed by atoms with E-state index in [2.05, 4.69) is 36.7 Å². The fourth-order valence-corrected chi connectivity index (χ4v) is 5.14. The molecule has 1 aliphatic rings.